The number of ether oxygens (including phenoxy) is 2. The number of carbonyl (C=O) groups excluding carboxylic acids is 2. The summed E-state index contributed by atoms with van der Waals surface area (Å²) in [5.41, 5.74) is 0.639. The molecule has 3 amide bonds. The number of carbonyl (C=O) groups is 2. The molecule has 2 aromatic carbocycles. The third kappa shape index (κ3) is 4.49. The first-order valence-electron chi connectivity index (χ1n) is 8.82. The monoisotopic (exact) mass is 369 g/mol. The highest BCUT2D eigenvalue weighted by atomic mass is 16.5. The molecule has 2 N–H and O–H groups in total. The van der Waals surface area contributed by atoms with Gasteiger partial charge in [-0.1, -0.05) is 6.07 Å². The molecular formula is C20H23N3O4. The Balaban J connectivity index is 1.61. The summed E-state index contributed by atoms with van der Waals surface area (Å²) >= 11 is 0. The van der Waals surface area contributed by atoms with Crippen LogP contribution in [-0.2, 0) is 4.79 Å². The molecule has 0 aliphatic carbocycles. The van der Waals surface area contributed by atoms with E-state index in [9.17, 15) is 9.59 Å². The van der Waals surface area contributed by atoms with Crippen molar-refractivity contribution in [2.75, 3.05) is 26.0 Å². The van der Waals surface area contributed by atoms with Crippen LogP contribution in [0.25, 0.3) is 0 Å². The number of amides is 3. The van der Waals surface area contributed by atoms with E-state index in [0.717, 1.165) is 6.42 Å². The van der Waals surface area contributed by atoms with Crippen LogP contribution in [0.1, 0.15) is 12.8 Å². The fourth-order valence-corrected chi connectivity index (χ4v) is 3.05. The first-order chi connectivity index (χ1) is 13.1. The molecule has 1 fully saturated rings. The van der Waals surface area contributed by atoms with E-state index in [1.807, 2.05) is 18.2 Å². The number of methoxy groups -OCH3 is 1. The van der Waals surface area contributed by atoms with E-state index >= 15 is 0 Å². The van der Waals surface area contributed by atoms with Crippen LogP contribution in [-0.4, -0.2) is 43.6 Å². The summed E-state index contributed by atoms with van der Waals surface area (Å²) in [5.74, 6) is 1.89. The van der Waals surface area contributed by atoms with Crippen LogP contribution in [0.3, 0.4) is 0 Å². The van der Waals surface area contributed by atoms with E-state index in [1.165, 1.54) is 0 Å². The number of hydrogen-bond acceptors (Lipinski definition) is 4. The second-order valence-corrected chi connectivity index (χ2v) is 6.20. The van der Waals surface area contributed by atoms with Crippen molar-refractivity contribution >= 4 is 17.6 Å². The molecule has 1 atom stereocenters. The Bertz CT molecular complexity index is 807. The zero-order valence-corrected chi connectivity index (χ0v) is 15.4. The van der Waals surface area contributed by atoms with Gasteiger partial charge in [0, 0.05) is 25.3 Å². The maximum Gasteiger partial charge on any atom is 0.322 e. The molecule has 1 aliphatic heterocycles. The molecule has 0 saturated carbocycles. The number of likely N-dealkylation sites (tertiary alicyclic amines) is 1. The molecule has 3 rings (SSSR count). The van der Waals surface area contributed by atoms with Crippen LogP contribution in [0.5, 0.6) is 17.2 Å². The Labute approximate surface area is 158 Å². The zero-order chi connectivity index (χ0) is 19.2. The second kappa shape index (κ2) is 8.44. The Kier molecular flexibility index (Phi) is 5.80. The fraction of sp³-hybridized carbons (Fsp3) is 0.300. The molecule has 7 nitrogen and oxygen atoms in total. The minimum atomic E-state index is -0.411. The lowest BCUT2D eigenvalue weighted by atomic mass is 10.2. The fourth-order valence-electron chi connectivity index (χ4n) is 3.05. The quantitative estimate of drug-likeness (QED) is 0.848. The number of hydrogen-bond donors (Lipinski definition) is 2. The van der Waals surface area contributed by atoms with E-state index in [-0.39, 0.29) is 11.9 Å². The number of nitrogens with zero attached hydrogens (tertiary/aromatic N) is 1. The third-order valence-electron chi connectivity index (χ3n) is 4.45. The summed E-state index contributed by atoms with van der Waals surface area (Å²) in [7, 11) is 3.18. The predicted octanol–water partition coefficient (Wildman–Crippen LogP) is 3.23. The average molecular weight is 369 g/mol. The number of nitrogens with one attached hydrogen (secondary N) is 2. The minimum absolute atomic E-state index is 0.135. The van der Waals surface area contributed by atoms with Crippen LogP contribution in [0.4, 0.5) is 10.5 Å². The number of rotatable bonds is 5. The van der Waals surface area contributed by atoms with Gasteiger partial charge in [-0.15, -0.1) is 0 Å². The molecule has 0 bridgehead atoms. The summed E-state index contributed by atoms with van der Waals surface area (Å²) in [6.07, 6.45) is 1.50. The summed E-state index contributed by atoms with van der Waals surface area (Å²) in [6.45, 7) is 0.570. The second-order valence-electron chi connectivity index (χ2n) is 6.20. The van der Waals surface area contributed by atoms with Crippen LogP contribution in [0.15, 0.2) is 48.5 Å². The molecule has 27 heavy (non-hydrogen) atoms. The molecule has 0 radical (unpaired) electrons. The Morgan fingerprint density at radius 3 is 2.52 bits per heavy atom. The summed E-state index contributed by atoms with van der Waals surface area (Å²) in [6, 6.07) is 13.7. The molecule has 1 aliphatic rings. The normalized spacial score (nSPS) is 15.9. The van der Waals surface area contributed by atoms with Crippen molar-refractivity contribution in [3.8, 4) is 17.2 Å². The van der Waals surface area contributed by atoms with E-state index in [2.05, 4.69) is 10.6 Å². The average Bonchev–Trinajstić information content (AvgIpc) is 3.19. The van der Waals surface area contributed by atoms with Crippen molar-refractivity contribution in [3.05, 3.63) is 48.5 Å². The van der Waals surface area contributed by atoms with Gasteiger partial charge in [-0.3, -0.25) is 4.79 Å². The van der Waals surface area contributed by atoms with Gasteiger partial charge in [0.2, 0.25) is 5.91 Å². The maximum absolute atomic E-state index is 12.5. The predicted molar refractivity (Wildman–Crippen MR) is 102 cm³/mol. The highest BCUT2D eigenvalue weighted by Gasteiger charge is 2.33. The lowest BCUT2D eigenvalue weighted by molar-refractivity contribution is -0.124. The van der Waals surface area contributed by atoms with Crippen LogP contribution >= 0.6 is 0 Å². The Morgan fingerprint density at radius 2 is 1.81 bits per heavy atom. The Hall–Kier alpha value is -3.22. The van der Waals surface area contributed by atoms with Gasteiger partial charge in [-0.25, -0.2) is 4.79 Å². The SMILES string of the molecule is CNC(=O)[C@H]1CCCN1C(=O)Nc1ccc(Oc2cccc(OC)c2)cc1. The highest BCUT2D eigenvalue weighted by Crippen LogP contribution is 2.26. The minimum Gasteiger partial charge on any atom is -0.497 e. The van der Waals surface area contributed by atoms with Crippen molar-refractivity contribution in [3.63, 3.8) is 0 Å². The Morgan fingerprint density at radius 1 is 1.07 bits per heavy atom. The summed E-state index contributed by atoms with van der Waals surface area (Å²) < 4.78 is 11.0. The van der Waals surface area contributed by atoms with Gasteiger partial charge in [0.1, 0.15) is 23.3 Å². The molecule has 0 spiro atoms. The molecule has 0 unspecified atom stereocenters. The number of likely N-dealkylation sites (N-methyl/N-ethyl adjacent to an activating group) is 1. The largest absolute Gasteiger partial charge is 0.497 e. The lowest BCUT2D eigenvalue weighted by Crippen LogP contribution is -2.46. The van der Waals surface area contributed by atoms with Crippen LogP contribution in [0.2, 0.25) is 0 Å². The molecule has 0 aromatic heterocycles. The first-order valence-corrected chi connectivity index (χ1v) is 8.82. The summed E-state index contributed by atoms with van der Waals surface area (Å²) in [4.78, 5) is 25.9. The standard InChI is InChI=1S/C20H23N3O4/c1-21-19(24)18-7-4-12-23(18)20(25)22-14-8-10-15(11-9-14)27-17-6-3-5-16(13-17)26-2/h3,5-6,8-11,13,18H,4,7,12H2,1-2H3,(H,21,24)(H,22,25)/t18-/m1/s1. The van der Waals surface area contributed by atoms with Gasteiger partial charge in [0.05, 0.1) is 7.11 Å². The van der Waals surface area contributed by atoms with E-state index < -0.39 is 6.04 Å². The van der Waals surface area contributed by atoms with Gasteiger partial charge < -0.3 is 25.0 Å². The van der Waals surface area contributed by atoms with Crippen LogP contribution < -0.4 is 20.1 Å². The topological polar surface area (TPSA) is 79.9 Å². The molecule has 1 saturated heterocycles. The third-order valence-corrected chi connectivity index (χ3v) is 4.45. The van der Waals surface area contributed by atoms with E-state index in [0.29, 0.717) is 35.9 Å². The lowest BCUT2D eigenvalue weighted by Gasteiger charge is -2.23. The number of urea groups is 1. The van der Waals surface area contributed by atoms with E-state index in [4.69, 9.17) is 9.47 Å². The van der Waals surface area contributed by atoms with Crippen molar-refractivity contribution < 1.29 is 19.1 Å². The van der Waals surface area contributed by atoms with Crippen molar-refractivity contribution in [2.24, 2.45) is 0 Å². The molecule has 2 aromatic rings. The van der Waals surface area contributed by atoms with Gasteiger partial charge in [-0.05, 0) is 49.2 Å². The molecule has 142 valence electrons. The van der Waals surface area contributed by atoms with Crippen LogP contribution in [0, 0.1) is 0 Å². The zero-order valence-electron chi connectivity index (χ0n) is 15.4. The molecule has 7 heteroatoms. The van der Waals surface area contributed by atoms with Crippen molar-refractivity contribution in [1.82, 2.24) is 10.2 Å². The van der Waals surface area contributed by atoms with Gasteiger partial charge >= 0.3 is 6.03 Å². The van der Waals surface area contributed by atoms with Crippen molar-refractivity contribution in [1.29, 1.82) is 0 Å². The van der Waals surface area contributed by atoms with Gasteiger partial charge in [-0.2, -0.15) is 0 Å². The van der Waals surface area contributed by atoms with Gasteiger partial charge in [0.25, 0.3) is 0 Å². The smallest absolute Gasteiger partial charge is 0.322 e. The van der Waals surface area contributed by atoms with E-state index in [1.54, 1.807) is 49.4 Å². The van der Waals surface area contributed by atoms with Crippen molar-refractivity contribution in [2.45, 2.75) is 18.9 Å². The van der Waals surface area contributed by atoms with Gasteiger partial charge in [0.15, 0.2) is 0 Å². The molecular weight excluding hydrogens is 346 g/mol. The summed E-state index contributed by atoms with van der Waals surface area (Å²) in [5, 5.41) is 5.44. The first kappa shape index (κ1) is 18.6. The maximum atomic E-state index is 12.5. The molecule has 1 heterocycles. The number of anilines is 1. The number of benzene rings is 2. The highest BCUT2D eigenvalue weighted by molar-refractivity contribution is 5.94.